The number of nitrogens with zero attached hydrogens (tertiary/aromatic N) is 2. The van der Waals surface area contributed by atoms with Crippen molar-refractivity contribution in [3.8, 4) is 6.07 Å². The van der Waals surface area contributed by atoms with Crippen molar-refractivity contribution in [1.82, 2.24) is 10.2 Å². The lowest BCUT2D eigenvalue weighted by atomic mass is 10.1. The Morgan fingerprint density at radius 3 is 2.68 bits per heavy atom. The molecule has 0 spiro atoms. The molecular weight excluding hydrogens is 234 g/mol. The normalized spacial score (nSPS) is 16.8. The zero-order chi connectivity index (χ0) is 13.3. The fourth-order valence-electron chi connectivity index (χ4n) is 2.58. The molecular formula is C16H23N3. The molecule has 1 aromatic carbocycles. The van der Waals surface area contributed by atoms with Crippen LogP contribution in [-0.4, -0.2) is 31.1 Å². The van der Waals surface area contributed by atoms with E-state index in [1.54, 1.807) is 0 Å². The van der Waals surface area contributed by atoms with Gasteiger partial charge in [-0.15, -0.1) is 0 Å². The van der Waals surface area contributed by atoms with Gasteiger partial charge >= 0.3 is 0 Å². The average molecular weight is 257 g/mol. The van der Waals surface area contributed by atoms with Crippen molar-refractivity contribution < 1.29 is 0 Å². The molecule has 0 bridgehead atoms. The minimum Gasteiger partial charge on any atom is -0.311 e. The molecule has 0 radical (unpaired) electrons. The highest BCUT2D eigenvalue weighted by Crippen LogP contribution is 2.08. The third-order valence-corrected chi connectivity index (χ3v) is 3.69. The first-order valence-electron chi connectivity index (χ1n) is 7.30. The summed E-state index contributed by atoms with van der Waals surface area (Å²) < 4.78 is 0. The van der Waals surface area contributed by atoms with Gasteiger partial charge < -0.3 is 10.2 Å². The molecule has 1 fully saturated rings. The van der Waals surface area contributed by atoms with E-state index in [0.29, 0.717) is 0 Å². The Morgan fingerprint density at radius 2 is 1.95 bits per heavy atom. The molecule has 0 saturated carbocycles. The van der Waals surface area contributed by atoms with E-state index < -0.39 is 0 Å². The van der Waals surface area contributed by atoms with Crippen LogP contribution < -0.4 is 5.32 Å². The van der Waals surface area contributed by atoms with Crippen molar-refractivity contribution >= 4 is 0 Å². The van der Waals surface area contributed by atoms with E-state index in [0.717, 1.165) is 25.2 Å². The third-order valence-electron chi connectivity index (χ3n) is 3.69. The van der Waals surface area contributed by atoms with Crippen LogP contribution >= 0.6 is 0 Å². The summed E-state index contributed by atoms with van der Waals surface area (Å²) in [6.45, 7) is 5.52. The van der Waals surface area contributed by atoms with E-state index in [1.165, 1.54) is 44.3 Å². The van der Waals surface area contributed by atoms with Crippen LogP contribution in [0.15, 0.2) is 24.3 Å². The number of rotatable bonds is 5. The second kappa shape index (κ2) is 7.93. The summed E-state index contributed by atoms with van der Waals surface area (Å²) in [5.41, 5.74) is 1.93. The third kappa shape index (κ3) is 5.02. The van der Waals surface area contributed by atoms with E-state index in [-0.39, 0.29) is 0 Å². The van der Waals surface area contributed by atoms with Gasteiger partial charge in [0.05, 0.1) is 11.6 Å². The fourth-order valence-corrected chi connectivity index (χ4v) is 2.58. The van der Waals surface area contributed by atoms with Gasteiger partial charge in [0.25, 0.3) is 0 Å². The molecule has 2 rings (SSSR count). The van der Waals surface area contributed by atoms with Gasteiger partial charge in [0.15, 0.2) is 0 Å². The molecule has 0 amide bonds. The molecule has 0 atom stereocenters. The Morgan fingerprint density at radius 1 is 1.16 bits per heavy atom. The summed E-state index contributed by atoms with van der Waals surface area (Å²) in [4.78, 5) is 2.56. The number of hydrogen-bond acceptors (Lipinski definition) is 3. The fraction of sp³-hybridized carbons (Fsp3) is 0.562. The van der Waals surface area contributed by atoms with Crippen LogP contribution in [0.5, 0.6) is 0 Å². The molecule has 0 aromatic heterocycles. The van der Waals surface area contributed by atoms with E-state index in [9.17, 15) is 0 Å². The predicted octanol–water partition coefficient (Wildman–Crippen LogP) is 2.52. The van der Waals surface area contributed by atoms with Crippen molar-refractivity contribution in [2.24, 2.45) is 0 Å². The second-order valence-electron chi connectivity index (χ2n) is 5.24. The van der Waals surface area contributed by atoms with Crippen molar-refractivity contribution in [2.75, 3.05) is 26.2 Å². The summed E-state index contributed by atoms with van der Waals surface area (Å²) in [6, 6.07) is 10.0. The first-order chi connectivity index (χ1) is 9.38. The van der Waals surface area contributed by atoms with Crippen molar-refractivity contribution in [3.05, 3.63) is 35.4 Å². The van der Waals surface area contributed by atoms with Gasteiger partial charge in [0.2, 0.25) is 0 Å². The van der Waals surface area contributed by atoms with Crippen LogP contribution in [0.25, 0.3) is 0 Å². The van der Waals surface area contributed by atoms with Crippen LogP contribution in [0.1, 0.15) is 36.8 Å². The van der Waals surface area contributed by atoms with Gasteiger partial charge in [-0.1, -0.05) is 25.0 Å². The zero-order valence-corrected chi connectivity index (χ0v) is 11.6. The highest BCUT2D eigenvalue weighted by atomic mass is 15.1. The molecule has 1 N–H and O–H groups in total. The molecule has 102 valence electrons. The van der Waals surface area contributed by atoms with Crippen molar-refractivity contribution in [1.29, 1.82) is 5.26 Å². The minimum absolute atomic E-state index is 0.742. The quantitative estimate of drug-likeness (QED) is 0.824. The van der Waals surface area contributed by atoms with Crippen LogP contribution in [0.2, 0.25) is 0 Å². The van der Waals surface area contributed by atoms with E-state index in [2.05, 4.69) is 22.4 Å². The van der Waals surface area contributed by atoms with Gasteiger partial charge in [-0.2, -0.15) is 5.26 Å². The predicted molar refractivity (Wildman–Crippen MR) is 77.8 cm³/mol. The molecule has 0 aliphatic carbocycles. The SMILES string of the molecule is N#Cc1cccc(CNCCN2CCCCCC2)c1. The summed E-state index contributed by atoms with van der Waals surface area (Å²) in [5.74, 6) is 0. The molecule has 1 saturated heterocycles. The van der Waals surface area contributed by atoms with Crippen LogP contribution in [0.3, 0.4) is 0 Å². The summed E-state index contributed by atoms with van der Waals surface area (Å²) in [6.07, 6.45) is 5.49. The van der Waals surface area contributed by atoms with E-state index >= 15 is 0 Å². The topological polar surface area (TPSA) is 39.1 Å². The Balaban J connectivity index is 1.67. The largest absolute Gasteiger partial charge is 0.311 e. The van der Waals surface area contributed by atoms with Gasteiger partial charge in [-0.25, -0.2) is 0 Å². The van der Waals surface area contributed by atoms with Crippen LogP contribution in [-0.2, 0) is 6.54 Å². The molecule has 1 aliphatic rings. The average Bonchev–Trinajstić information content (AvgIpc) is 2.72. The standard InChI is InChI=1S/C16H23N3/c17-13-15-6-5-7-16(12-15)14-18-8-11-19-9-3-1-2-4-10-19/h5-7,12,18H,1-4,8-11,14H2. The molecule has 1 heterocycles. The van der Waals surface area contributed by atoms with Gasteiger partial charge in [0.1, 0.15) is 0 Å². The maximum Gasteiger partial charge on any atom is 0.0991 e. The Bertz CT molecular complexity index is 414. The van der Waals surface area contributed by atoms with Crippen LogP contribution in [0.4, 0.5) is 0 Å². The smallest absolute Gasteiger partial charge is 0.0991 e. The number of nitriles is 1. The number of hydrogen-bond donors (Lipinski definition) is 1. The summed E-state index contributed by atoms with van der Waals surface area (Å²) in [5, 5.41) is 12.3. The lowest BCUT2D eigenvalue weighted by molar-refractivity contribution is 0.284. The minimum atomic E-state index is 0.742. The van der Waals surface area contributed by atoms with E-state index in [4.69, 9.17) is 5.26 Å². The van der Waals surface area contributed by atoms with Gasteiger partial charge in [-0.3, -0.25) is 0 Å². The highest BCUT2D eigenvalue weighted by molar-refractivity contribution is 5.32. The first kappa shape index (κ1) is 14.0. The van der Waals surface area contributed by atoms with E-state index in [1.807, 2.05) is 18.2 Å². The Kier molecular flexibility index (Phi) is 5.87. The Labute approximate surface area is 116 Å². The number of nitrogens with one attached hydrogen (secondary N) is 1. The lowest BCUT2D eigenvalue weighted by Crippen LogP contribution is -2.32. The molecule has 0 unspecified atom stereocenters. The molecule has 3 nitrogen and oxygen atoms in total. The van der Waals surface area contributed by atoms with Gasteiger partial charge in [0, 0.05) is 19.6 Å². The molecule has 19 heavy (non-hydrogen) atoms. The van der Waals surface area contributed by atoms with Gasteiger partial charge in [-0.05, 0) is 43.6 Å². The second-order valence-corrected chi connectivity index (χ2v) is 5.24. The first-order valence-corrected chi connectivity index (χ1v) is 7.30. The maximum atomic E-state index is 8.85. The number of benzene rings is 1. The molecule has 1 aliphatic heterocycles. The van der Waals surface area contributed by atoms with Crippen molar-refractivity contribution in [3.63, 3.8) is 0 Å². The molecule has 1 aromatic rings. The number of likely N-dealkylation sites (tertiary alicyclic amines) is 1. The molecule has 3 heteroatoms. The Hall–Kier alpha value is -1.37. The zero-order valence-electron chi connectivity index (χ0n) is 11.6. The van der Waals surface area contributed by atoms with Crippen LogP contribution in [0, 0.1) is 11.3 Å². The summed E-state index contributed by atoms with van der Waals surface area (Å²) >= 11 is 0. The highest BCUT2D eigenvalue weighted by Gasteiger charge is 2.07. The van der Waals surface area contributed by atoms with Crippen molar-refractivity contribution in [2.45, 2.75) is 32.2 Å². The monoisotopic (exact) mass is 257 g/mol. The maximum absolute atomic E-state index is 8.85. The lowest BCUT2D eigenvalue weighted by Gasteiger charge is -2.19. The summed E-state index contributed by atoms with van der Waals surface area (Å²) in [7, 11) is 0.